The molecule has 1 saturated heterocycles. The zero-order valence-electron chi connectivity index (χ0n) is 17.9. The number of halogens is 1. The van der Waals surface area contributed by atoms with E-state index in [0.717, 1.165) is 24.2 Å². The maximum Gasteiger partial charge on any atom is 0.407 e. The van der Waals surface area contributed by atoms with Crippen LogP contribution in [0.4, 0.5) is 14.9 Å². The van der Waals surface area contributed by atoms with Gasteiger partial charge in [-0.15, -0.1) is 0 Å². The van der Waals surface area contributed by atoms with E-state index in [1.54, 1.807) is 12.3 Å². The molecule has 4 rings (SSSR count). The van der Waals surface area contributed by atoms with E-state index < -0.39 is 6.09 Å². The molecule has 7 heteroatoms. The Morgan fingerprint density at radius 3 is 2.47 bits per heavy atom. The lowest BCUT2D eigenvalue weighted by atomic mass is 10.1. The van der Waals surface area contributed by atoms with Crippen LogP contribution >= 0.6 is 0 Å². The number of ether oxygens (including phenoxy) is 1. The SMILES string of the molecule is O=C(NC[C@@H](c1cccnc1)N1CCN(c2ccccc2F)CC1)OCc1ccccc1. The summed E-state index contributed by atoms with van der Waals surface area (Å²) in [5.74, 6) is -0.201. The summed E-state index contributed by atoms with van der Waals surface area (Å²) in [6.45, 7) is 3.53. The molecule has 32 heavy (non-hydrogen) atoms. The number of aromatic nitrogens is 1. The predicted octanol–water partition coefficient (Wildman–Crippen LogP) is 4.01. The maximum atomic E-state index is 14.2. The molecule has 3 aromatic rings. The van der Waals surface area contributed by atoms with Crippen LogP contribution in [0.3, 0.4) is 0 Å². The van der Waals surface area contributed by atoms with Gasteiger partial charge in [0.25, 0.3) is 0 Å². The van der Waals surface area contributed by atoms with Crippen LogP contribution in [-0.2, 0) is 11.3 Å². The van der Waals surface area contributed by atoms with Crippen molar-refractivity contribution in [2.24, 2.45) is 0 Å². The molecule has 166 valence electrons. The van der Waals surface area contributed by atoms with E-state index >= 15 is 0 Å². The molecule has 1 aliphatic rings. The van der Waals surface area contributed by atoms with E-state index in [2.05, 4.69) is 20.1 Å². The zero-order chi connectivity index (χ0) is 22.2. The van der Waals surface area contributed by atoms with Gasteiger partial charge in [-0.3, -0.25) is 9.88 Å². The summed E-state index contributed by atoms with van der Waals surface area (Å²) in [5.41, 5.74) is 2.60. The molecule has 2 aromatic carbocycles. The third kappa shape index (κ3) is 5.62. The number of amides is 1. The number of nitrogens with zero attached hydrogens (tertiary/aromatic N) is 3. The summed E-state index contributed by atoms with van der Waals surface area (Å²) in [4.78, 5) is 20.9. The van der Waals surface area contributed by atoms with Gasteiger partial charge in [-0.1, -0.05) is 48.5 Å². The Hall–Kier alpha value is -3.45. The number of rotatable bonds is 7. The van der Waals surface area contributed by atoms with Gasteiger partial charge in [0, 0.05) is 45.1 Å². The van der Waals surface area contributed by atoms with Crippen LogP contribution in [0.5, 0.6) is 0 Å². The highest BCUT2D eigenvalue weighted by Gasteiger charge is 2.26. The number of benzene rings is 2. The van der Waals surface area contributed by atoms with Crippen LogP contribution < -0.4 is 10.2 Å². The third-order valence-electron chi connectivity index (χ3n) is 5.67. The van der Waals surface area contributed by atoms with Gasteiger partial charge in [-0.05, 0) is 29.3 Å². The van der Waals surface area contributed by atoms with Crippen molar-refractivity contribution in [3.05, 3.63) is 96.1 Å². The summed E-state index contributed by atoms with van der Waals surface area (Å²) in [5, 5.41) is 2.90. The Balaban J connectivity index is 1.36. The average Bonchev–Trinajstić information content (AvgIpc) is 2.85. The first-order valence-corrected chi connectivity index (χ1v) is 10.8. The standard InChI is InChI=1S/C25H27FN4O2/c26-22-10-4-5-11-23(22)29-13-15-30(16-14-29)24(21-9-6-12-27-17-21)18-28-25(31)32-19-20-7-2-1-3-8-20/h1-12,17,24H,13-16,18-19H2,(H,28,31)/t24-/m0/s1. The van der Waals surface area contributed by atoms with Crippen LogP contribution in [0.2, 0.25) is 0 Å². The molecular weight excluding hydrogens is 407 g/mol. The quantitative estimate of drug-likeness (QED) is 0.609. The molecular formula is C25H27FN4O2. The Morgan fingerprint density at radius 1 is 1.00 bits per heavy atom. The van der Waals surface area contributed by atoms with Crippen molar-refractivity contribution in [1.82, 2.24) is 15.2 Å². The highest BCUT2D eigenvalue weighted by Crippen LogP contribution is 2.25. The number of hydrogen-bond donors (Lipinski definition) is 1. The molecule has 0 bridgehead atoms. The van der Waals surface area contributed by atoms with Crippen molar-refractivity contribution in [2.45, 2.75) is 12.6 Å². The summed E-state index contributed by atoms with van der Waals surface area (Å²) < 4.78 is 19.5. The number of anilines is 1. The fourth-order valence-corrected chi connectivity index (χ4v) is 3.97. The van der Waals surface area contributed by atoms with Crippen LogP contribution in [0.1, 0.15) is 17.2 Å². The van der Waals surface area contributed by atoms with Crippen molar-refractivity contribution in [3.8, 4) is 0 Å². The van der Waals surface area contributed by atoms with Crippen molar-refractivity contribution in [2.75, 3.05) is 37.6 Å². The fraction of sp³-hybridized carbons (Fsp3) is 0.280. The first-order chi connectivity index (χ1) is 15.7. The second-order valence-electron chi connectivity index (χ2n) is 7.72. The van der Waals surface area contributed by atoms with E-state index in [9.17, 15) is 9.18 Å². The predicted molar refractivity (Wildman–Crippen MR) is 122 cm³/mol. The average molecular weight is 435 g/mol. The third-order valence-corrected chi connectivity index (χ3v) is 5.67. The lowest BCUT2D eigenvalue weighted by Gasteiger charge is -2.40. The molecule has 2 heterocycles. The van der Waals surface area contributed by atoms with Gasteiger partial charge in [0.1, 0.15) is 12.4 Å². The lowest BCUT2D eigenvalue weighted by molar-refractivity contribution is 0.130. The Morgan fingerprint density at radius 2 is 1.75 bits per heavy atom. The van der Waals surface area contributed by atoms with E-state index in [1.165, 1.54) is 6.07 Å². The molecule has 0 spiro atoms. The Bertz CT molecular complexity index is 995. The molecule has 1 aromatic heterocycles. The van der Waals surface area contributed by atoms with Crippen LogP contribution in [0.15, 0.2) is 79.1 Å². The molecule has 6 nitrogen and oxygen atoms in total. The van der Waals surface area contributed by atoms with E-state index in [0.29, 0.717) is 25.3 Å². The van der Waals surface area contributed by atoms with Gasteiger partial charge in [-0.25, -0.2) is 9.18 Å². The number of alkyl carbamates (subject to hydrolysis) is 1. The van der Waals surface area contributed by atoms with Gasteiger partial charge in [0.2, 0.25) is 0 Å². The maximum absolute atomic E-state index is 14.2. The largest absolute Gasteiger partial charge is 0.445 e. The Kier molecular flexibility index (Phi) is 7.30. The van der Waals surface area contributed by atoms with E-state index in [1.807, 2.05) is 60.8 Å². The number of para-hydroxylation sites is 1. The van der Waals surface area contributed by atoms with Crippen molar-refractivity contribution >= 4 is 11.8 Å². The second-order valence-corrected chi connectivity index (χ2v) is 7.72. The first kappa shape index (κ1) is 21.8. The number of hydrogen-bond acceptors (Lipinski definition) is 5. The first-order valence-electron chi connectivity index (χ1n) is 10.8. The van der Waals surface area contributed by atoms with Gasteiger partial charge in [0.15, 0.2) is 0 Å². The van der Waals surface area contributed by atoms with E-state index in [-0.39, 0.29) is 18.5 Å². The second kappa shape index (κ2) is 10.7. The van der Waals surface area contributed by atoms with Gasteiger partial charge >= 0.3 is 6.09 Å². The molecule has 1 amide bonds. The topological polar surface area (TPSA) is 57.7 Å². The minimum atomic E-state index is -0.451. The van der Waals surface area contributed by atoms with Crippen molar-refractivity contribution in [3.63, 3.8) is 0 Å². The van der Waals surface area contributed by atoms with E-state index in [4.69, 9.17) is 4.74 Å². The van der Waals surface area contributed by atoms with Crippen LogP contribution in [0, 0.1) is 5.82 Å². The monoisotopic (exact) mass is 434 g/mol. The molecule has 0 unspecified atom stereocenters. The highest BCUT2D eigenvalue weighted by atomic mass is 19.1. The molecule has 0 saturated carbocycles. The van der Waals surface area contributed by atoms with Crippen molar-refractivity contribution < 1.29 is 13.9 Å². The summed E-state index contributed by atoms with van der Waals surface area (Å²) >= 11 is 0. The molecule has 1 aliphatic heterocycles. The highest BCUT2D eigenvalue weighted by molar-refractivity contribution is 5.67. The Labute approximate surface area is 187 Å². The fourth-order valence-electron chi connectivity index (χ4n) is 3.97. The van der Waals surface area contributed by atoms with Crippen molar-refractivity contribution in [1.29, 1.82) is 0 Å². The number of piperazine rings is 1. The van der Waals surface area contributed by atoms with Crippen LogP contribution in [-0.4, -0.2) is 48.7 Å². The summed E-state index contributed by atoms with van der Waals surface area (Å²) in [6, 6.07) is 20.3. The lowest BCUT2D eigenvalue weighted by Crippen LogP contribution is -2.50. The zero-order valence-corrected chi connectivity index (χ0v) is 17.9. The van der Waals surface area contributed by atoms with Crippen LogP contribution in [0.25, 0.3) is 0 Å². The number of pyridine rings is 1. The van der Waals surface area contributed by atoms with Gasteiger partial charge < -0.3 is 15.0 Å². The number of carbonyl (C=O) groups excluding carboxylic acids is 1. The summed E-state index contributed by atoms with van der Waals surface area (Å²) in [6.07, 6.45) is 3.11. The number of nitrogens with one attached hydrogen (secondary N) is 1. The molecule has 1 atom stereocenters. The minimum absolute atomic E-state index is 0.0456. The molecule has 0 aliphatic carbocycles. The number of carbonyl (C=O) groups is 1. The van der Waals surface area contributed by atoms with Gasteiger partial charge in [0.05, 0.1) is 11.7 Å². The summed E-state index contributed by atoms with van der Waals surface area (Å²) in [7, 11) is 0. The minimum Gasteiger partial charge on any atom is -0.445 e. The molecule has 0 radical (unpaired) electrons. The molecule has 1 N–H and O–H groups in total. The van der Waals surface area contributed by atoms with Gasteiger partial charge in [-0.2, -0.15) is 0 Å². The smallest absolute Gasteiger partial charge is 0.407 e. The normalized spacial score (nSPS) is 15.2. The molecule has 1 fully saturated rings.